The summed E-state index contributed by atoms with van der Waals surface area (Å²) in [6.07, 6.45) is -1.36. The van der Waals surface area contributed by atoms with Crippen molar-refractivity contribution in [3.63, 3.8) is 0 Å². The van der Waals surface area contributed by atoms with Gasteiger partial charge in [0.2, 0.25) is 0 Å². The number of hydrogen-bond acceptors (Lipinski definition) is 5. The first-order valence-electron chi connectivity index (χ1n) is 11.7. The Morgan fingerprint density at radius 1 is 0.949 bits per heavy atom. The molecule has 1 amide bonds. The molecule has 0 saturated heterocycles. The van der Waals surface area contributed by atoms with Gasteiger partial charge in [0, 0.05) is 35.7 Å². The van der Waals surface area contributed by atoms with Gasteiger partial charge in [-0.05, 0) is 54.1 Å². The van der Waals surface area contributed by atoms with E-state index >= 15 is 0 Å². The van der Waals surface area contributed by atoms with Crippen LogP contribution in [0.15, 0.2) is 90.0 Å². The molecule has 5 aromatic rings. The number of aromatic amines is 1. The molecule has 0 atom stereocenters. The van der Waals surface area contributed by atoms with Gasteiger partial charge in [0.05, 0.1) is 27.2 Å². The topological polar surface area (TPSA) is 105 Å². The molecule has 7 nitrogen and oxygen atoms in total. The highest BCUT2D eigenvalue weighted by Crippen LogP contribution is 2.30. The number of sulfone groups is 1. The van der Waals surface area contributed by atoms with Crippen molar-refractivity contribution in [3.05, 3.63) is 108 Å². The van der Waals surface area contributed by atoms with Gasteiger partial charge in [-0.15, -0.1) is 0 Å². The fraction of sp³-hybridized carbons (Fsp3) is 0.107. The Morgan fingerprint density at radius 2 is 1.69 bits per heavy atom. The molecule has 0 unspecified atom stereocenters. The number of carbonyl (C=O) groups excluding carboxylic acids is 1. The van der Waals surface area contributed by atoms with Crippen molar-refractivity contribution < 1.29 is 26.4 Å². The molecule has 0 saturated carbocycles. The average Bonchev–Trinajstić information content (AvgIpc) is 3.36. The lowest BCUT2D eigenvalue weighted by molar-refractivity contribution is -0.137. The summed E-state index contributed by atoms with van der Waals surface area (Å²) in [4.78, 5) is 25.3. The van der Waals surface area contributed by atoms with Crippen LogP contribution in [0, 0.1) is 0 Å². The maximum absolute atomic E-state index is 13.0. The first-order chi connectivity index (χ1) is 18.5. The molecular formula is C28H21F3N4O3S. The number of carbonyl (C=O) groups is 1. The van der Waals surface area contributed by atoms with Gasteiger partial charge >= 0.3 is 6.18 Å². The van der Waals surface area contributed by atoms with Crippen LogP contribution in [0.25, 0.3) is 22.3 Å². The SMILES string of the molecule is CS(=O)(=O)c1ccc(-c2nc(Cc3cccc(NC(=O)c4cccc(C(F)(F)F)c4)c3)nc3cc[nH]c23)cc1. The fourth-order valence-corrected chi connectivity index (χ4v) is 4.75. The van der Waals surface area contributed by atoms with Crippen molar-refractivity contribution in [2.75, 3.05) is 11.6 Å². The van der Waals surface area contributed by atoms with E-state index in [4.69, 9.17) is 4.98 Å². The summed E-state index contributed by atoms with van der Waals surface area (Å²) in [6.45, 7) is 0. The second-order valence-electron chi connectivity index (χ2n) is 8.93. The van der Waals surface area contributed by atoms with Crippen molar-refractivity contribution in [1.29, 1.82) is 0 Å². The molecule has 39 heavy (non-hydrogen) atoms. The zero-order chi connectivity index (χ0) is 27.8. The standard InChI is InChI=1S/C28H21F3N4O3S/c1-39(37,38)22-10-8-18(9-11-22)25-26-23(12-13-32-26)34-24(35-25)15-17-4-2-7-21(14-17)33-27(36)19-5-3-6-20(16-19)28(29,30)31/h2-14,16,32H,15H2,1H3,(H,33,36). The third-order valence-electron chi connectivity index (χ3n) is 6.01. The third kappa shape index (κ3) is 5.83. The van der Waals surface area contributed by atoms with Gasteiger partial charge in [-0.2, -0.15) is 13.2 Å². The minimum atomic E-state index is -4.55. The van der Waals surface area contributed by atoms with Crippen LogP contribution in [0.4, 0.5) is 18.9 Å². The minimum Gasteiger partial charge on any atom is -0.358 e. The Labute approximate surface area is 221 Å². The number of rotatable bonds is 6. The maximum Gasteiger partial charge on any atom is 0.416 e. The highest BCUT2D eigenvalue weighted by atomic mass is 32.2. The summed E-state index contributed by atoms with van der Waals surface area (Å²) in [6, 6.07) is 19.3. The highest BCUT2D eigenvalue weighted by Gasteiger charge is 2.30. The van der Waals surface area contributed by atoms with E-state index in [-0.39, 0.29) is 10.5 Å². The molecule has 0 radical (unpaired) electrons. The molecule has 0 bridgehead atoms. The molecule has 5 rings (SSSR count). The van der Waals surface area contributed by atoms with Crippen LogP contribution in [0.1, 0.15) is 27.3 Å². The van der Waals surface area contributed by atoms with Gasteiger partial charge in [0.1, 0.15) is 5.82 Å². The van der Waals surface area contributed by atoms with Gasteiger partial charge in [0.25, 0.3) is 5.91 Å². The molecule has 0 aliphatic heterocycles. The van der Waals surface area contributed by atoms with Crippen molar-refractivity contribution >= 4 is 32.5 Å². The Balaban J connectivity index is 1.40. The van der Waals surface area contributed by atoms with Crippen LogP contribution in [0.3, 0.4) is 0 Å². The summed E-state index contributed by atoms with van der Waals surface area (Å²) in [5, 5.41) is 2.64. The lowest BCUT2D eigenvalue weighted by Crippen LogP contribution is -2.14. The van der Waals surface area contributed by atoms with E-state index in [2.05, 4.69) is 15.3 Å². The molecule has 0 spiro atoms. The smallest absolute Gasteiger partial charge is 0.358 e. The zero-order valence-electron chi connectivity index (χ0n) is 20.5. The predicted molar refractivity (Wildman–Crippen MR) is 141 cm³/mol. The van der Waals surface area contributed by atoms with Crippen LogP contribution in [-0.4, -0.2) is 35.5 Å². The zero-order valence-corrected chi connectivity index (χ0v) is 21.3. The van der Waals surface area contributed by atoms with Crippen molar-refractivity contribution in [2.45, 2.75) is 17.5 Å². The highest BCUT2D eigenvalue weighted by molar-refractivity contribution is 7.90. The molecule has 11 heteroatoms. The van der Waals surface area contributed by atoms with E-state index in [1.165, 1.54) is 24.3 Å². The number of nitrogens with zero attached hydrogens (tertiary/aromatic N) is 2. The summed E-state index contributed by atoms with van der Waals surface area (Å²) in [5.41, 5.74) is 2.86. The van der Waals surface area contributed by atoms with Crippen molar-refractivity contribution in [1.82, 2.24) is 15.0 Å². The number of hydrogen-bond donors (Lipinski definition) is 2. The fourth-order valence-electron chi connectivity index (χ4n) is 4.12. The summed E-state index contributed by atoms with van der Waals surface area (Å²) >= 11 is 0. The van der Waals surface area contributed by atoms with Crippen LogP contribution in [0.5, 0.6) is 0 Å². The van der Waals surface area contributed by atoms with Crippen LogP contribution < -0.4 is 5.32 Å². The Kier molecular flexibility index (Phi) is 6.69. The Bertz CT molecular complexity index is 1800. The molecule has 0 aliphatic rings. The monoisotopic (exact) mass is 550 g/mol. The number of fused-ring (bicyclic) bond motifs is 1. The molecule has 2 heterocycles. The number of benzene rings is 3. The molecule has 0 aliphatic carbocycles. The van der Waals surface area contributed by atoms with E-state index in [0.717, 1.165) is 24.0 Å². The first-order valence-corrected chi connectivity index (χ1v) is 13.6. The number of anilines is 1. The van der Waals surface area contributed by atoms with Crippen LogP contribution in [0.2, 0.25) is 0 Å². The second kappa shape index (κ2) is 9.99. The quantitative estimate of drug-likeness (QED) is 0.274. The Morgan fingerprint density at radius 3 is 2.41 bits per heavy atom. The lowest BCUT2D eigenvalue weighted by atomic mass is 10.1. The van der Waals surface area contributed by atoms with E-state index in [1.807, 2.05) is 6.07 Å². The van der Waals surface area contributed by atoms with E-state index < -0.39 is 27.5 Å². The number of H-pyrrole nitrogens is 1. The number of amides is 1. The van der Waals surface area contributed by atoms with E-state index in [1.54, 1.807) is 42.6 Å². The number of aromatic nitrogens is 3. The van der Waals surface area contributed by atoms with Gasteiger partial charge in [-0.1, -0.05) is 30.3 Å². The number of halogens is 3. The molecular weight excluding hydrogens is 529 g/mol. The third-order valence-corrected chi connectivity index (χ3v) is 7.14. The number of alkyl halides is 3. The molecule has 2 N–H and O–H groups in total. The van der Waals surface area contributed by atoms with Gasteiger partial charge in [-0.25, -0.2) is 18.4 Å². The predicted octanol–water partition coefficient (Wildman–Crippen LogP) is 5.89. The maximum atomic E-state index is 13.0. The van der Waals surface area contributed by atoms with Gasteiger partial charge in [-0.3, -0.25) is 4.79 Å². The van der Waals surface area contributed by atoms with Gasteiger partial charge in [0.15, 0.2) is 9.84 Å². The lowest BCUT2D eigenvalue weighted by Gasteiger charge is -2.11. The number of nitrogens with one attached hydrogen (secondary N) is 2. The van der Waals surface area contributed by atoms with Crippen molar-refractivity contribution in [2.24, 2.45) is 0 Å². The second-order valence-corrected chi connectivity index (χ2v) is 10.9. The van der Waals surface area contributed by atoms with Crippen LogP contribution >= 0.6 is 0 Å². The molecule has 3 aromatic carbocycles. The molecule has 198 valence electrons. The Hall–Kier alpha value is -4.51. The summed E-state index contributed by atoms with van der Waals surface area (Å²) < 4.78 is 62.8. The normalized spacial score (nSPS) is 12.0. The van der Waals surface area contributed by atoms with Crippen molar-refractivity contribution in [3.8, 4) is 11.3 Å². The molecule has 0 fully saturated rings. The summed E-state index contributed by atoms with van der Waals surface area (Å²) in [5.74, 6) is -0.172. The van der Waals surface area contributed by atoms with E-state index in [9.17, 15) is 26.4 Å². The van der Waals surface area contributed by atoms with Gasteiger partial charge < -0.3 is 10.3 Å². The van der Waals surface area contributed by atoms with E-state index in [0.29, 0.717) is 40.2 Å². The first kappa shape index (κ1) is 26.1. The minimum absolute atomic E-state index is 0.108. The molecule has 2 aromatic heterocycles. The largest absolute Gasteiger partial charge is 0.416 e. The van der Waals surface area contributed by atoms with Crippen LogP contribution in [-0.2, 0) is 22.4 Å². The average molecular weight is 551 g/mol. The summed E-state index contributed by atoms with van der Waals surface area (Å²) in [7, 11) is -3.34.